The number of nitrogens with one attached hydrogen (secondary N) is 1. The van der Waals surface area contributed by atoms with Gasteiger partial charge in [-0.15, -0.1) is 0 Å². The lowest BCUT2D eigenvalue weighted by Gasteiger charge is -2.10. The monoisotopic (exact) mass is 328 g/mol. The number of benzene rings is 1. The van der Waals surface area contributed by atoms with Crippen molar-refractivity contribution < 1.29 is 9.13 Å². The third kappa shape index (κ3) is 4.56. The van der Waals surface area contributed by atoms with Gasteiger partial charge in [0.05, 0.1) is 5.02 Å². The Kier molecular flexibility index (Phi) is 5.39. The molecule has 0 aliphatic heterocycles. The molecule has 6 heteroatoms. The molecule has 21 heavy (non-hydrogen) atoms. The summed E-state index contributed by atoms with van der Waals surface area (Å²) < 4.78 is 18.6. The van der Waals surface area contributed by atoms with Gasteiger partial charge in [0.1, 0.15) is 16.6 Å². The van der Waals surface area contributed by atoms with Crippen molar-refractivity contribution in [2.75, 3.05) is 0 Å². The highest BCUT2D eigenvalue weighted by atomic mass is 35.5. The van der Waals surface area contributed by atoms with E-state index in [-0.39, 0.29) is 10.9 Å². The van der Waals surface area contributed by atoms with Crippen LogP contribution in [0.5, 0.6) is 11.6 Å². The Bertz CT molecular complexity index is 635. The van der Waals surface area contributed by atoms with E-state index in [9.17, 15) is 4.39 Å². The van der Waals surface area contributed by atoms with E-state index in [1.165, 1.54) is 18.2 Å². The zero-order valence-electron chi connectivity index (χ0n) is 11.7. The Labute approximate surface area is 133 Å². The highest BCUT2D eigenvalue weighted by Crippen LogP contribution is 2.29. The fourth-order valence-electron chi connectivity index (χ4n) is 1.61. The second kappa shape index (κ2) is 7.07. The summed E-state index contributed by atoms with van der Waals surface area (Å²) in [6.45, 7) is 4.79. The van der Waals surface area contributed by atoms with Crippen molar-refractivity contribution in [1.29, 1.82) is 0 Å². The minimum absolute atomic E-state index is 0.0126. The number of halogens is 3. The summed E-state index contributed by atoms with van der Waals surface area (Å²) in [5.41, 5.74) is 0.957. The van der Waals surface area contributed by atoms with Gasteiger partial charge in [0.15, 0.2) is 0 Å². The van der Waals surface area contributed by atoms with Crippen molar-refractivity contribution in [3.8, 4) is 11.6 Å². The van der Waals surface area contributed by atoms with E-state index in [1.807, 2.05) is 0 Å². The smallest absolute Gasteiger partial charge is 0.238 e. The molecule has 0 spiro atoms. The first-order valence-electron chi connectivity index (χ1n) is 6.46. The van der Waals surface area contributed by atoms with E-state index in [4.69, 9.17) is 27.9 Å². The van der Waals surface area contributed by atoms with E-state index >= 15 is 0 Å². The molecule has 0 aliphatic rings. The SMILES string of the molecule is CC(C)NCc1cnc(Oc2ccc(F)c(Cl)c2)c(Cl)c1. The average Bonchev–Trinajstić information content (AvgIpc) is 2.43. The molecule has 0 bridgehead atoms. The van der Waals surface area contributed by atoms with Gasteiger partial charge in [0.25, 0.3) is 0 Å². The number of hydrogen-bond acceptors (Lipinski definition) is 3. The van der Waals surface area contributed by atoms with E-state index in [1.54, 1.807) is 12.3 Å². The molecular weight excluding hydrogens is 314 g/mol. The van der Waals surface area contributed by atoms with Gasteiger partial charge < -0.3 is 10.1 Å². The van der Waals surface area contributed by atoms with Gasteiger partial charge in [0.2, 0.25) is 5.88 Å². The van der Waals surface area contributed by atoms with Crippen LogP contribution in [-0.2, 0) is 6.54 Å². The van der Waals surface area contributed by atoms with Crippen molar-refractivity contribution in [3.05, 3.63) is 51.9 Å². The first-order valence-corrected chi connectivity index (χ1v) is 7.22. The maximum atomic E-state index is 13.1. The molecule has 0 saturated carbocycles. The predicted octanol–water partition coefficient (Wildman–Crippen LogP) is 4.82. The maximum Gasteiger partial charge on any atom is 0.238 e. The molecule has 1 aromatic carbocycles. The van der Waals surface area contributed by atoms with Gasteiger partial charge in [-0.2, -0.15) is 0 Å². The minimum atomic E-state index is -0.502. The van der Waals surface area contributed by atoms with Crippen LogP contribution in [0.15, 0.2) is 30.5 Å². The predicted molar refractivity (Wildman–Crippen MR) is 82.7 cm³/mol. The summed E-state index contributed by atoms with van der Waals surface area (Å²) in [6.07, 6.45) is 1.68. The van der Waals surface area contributed by atoms with Crippen LogP contribution in [0.1, 0.15) is 19.4 Å². The maximum absolute atomic E-state index is 13.1. The lowest BCUT2D eigenvalue weighted by Crippen LogP contribution is -2.21. The van der Waals surface area contributed by atoms with Gasteiger partial charge in [-0.25, -0.2) is 9.37 Å². The molecule has 0 fully saturated rings. The summed E-state index contributed by atoms with van der Waals surface area (Å²) in [5.74, 6) is 0.134. The fraction of sp³-hybridized carbons (Fsp3) is 0.267. The van der Waals surface area contributed by atoms with Crippen molar-refractivity contribution in [2.45, 2.75) is 26.4 Å². The molecule has 1 heterocycles. The molecule has 1 N–H and O–H groups in total. The molecule has 2 aromatic rings. The van der Waals surface area contributed by atoms with Gasteiger partial charge in [-0.1, -0.05) is 37.0 Å². The Morgan fingerprint density at radius 1 is 1.24 bits per heavy atom. The van der Waals surface area contributed by atoms with Crippen LogP contribution in [0.3, 0.4) is 0 Å². The molecule has 0 atom stereocenters. The zero-order valence-corrected chi connectivity index (χ0v) is 13.2. The van der Waals surface area contributed by atoms with Gasteiger partial charge in [0, 0.05) is 24.8 Å². The van der Waals surface area contributed by atoms with E-state index in [2.05, 4.69) is 24.1 Å². The molecule has 2 rings (SSSR count). The molecule has 0 saturated heterocycles. The standard InChI is InChI=1S/C15H15Cl2FN2O/c1-9(2)19-7-10-5-13(17)15(20-8-10)21-11-3-4-14(18)12(16)6-11/h3-6,8-9,19H,7H2,1-2H3. The zero-order chi connectivity index (χ0) is 15.4. The molecule has 1 aromatic heterocycles. The van der Waals surface area contributed by atoms with Crippen molar-refractivity contribution in [2.24, 2.45) is 0 Å². The number of hydrogen-bond donors (Lipinski definition) is 1. The van der Waals surface area contributed by atoms with Crippen LogP contribution in [0.25, 0.3) is 0 Å². The van der Waals surface area contributed by atoms with Crippen LogP contribution in [0, 0.1) is 5.82 Å². The largest absolute Gasteiger partial charge is 0.437 e. The quantitative estimate of drug-likeness (QED) is 0.854. The van der Waals surface area contributed by atoms with E-state index in [0.717, 1.165) is 5.56 Å². The molecule has 0 amide bonds. The number of aromatic nitrogens is 1. The van der Waals surface area contributed by atoms with Gasteiger partial charge in [-0.05, 0) is 23.8 Å². The molecule has 3 nitrogen and oxygen atoms in total. The molecular formula is C15H15Cl2FN2O. The van der Waals surface area contributed by atoms with E-state index < -0.39 is 5.82 Å². The van der Waals surface area contributed by atoms with Crippen LogP contribution in [0.2, 0.25) is 10.0 Å². The highest BCUT2D eigenvalue weighted by Gasteiger charge is 2.08. The summed E-state index contributed by atoms with van der Waals surface area (Å²) in [4.78, 5) is 4.17. The van der Waals surface area contributed by atoms with Crippen LogP contribution in [0.4, 0.5) is 4.39 Å². The first kappa shape index (κ1) is 16.0. The fourth-order valence-corrected chi connectivity index (χ4v) is 2.01. The highest BCUT2D eigenvalue weighted by molar-refractivity contribution is 6.32. The first-order chi connectivity index (χ1) is 9.95. The summed E-state index contributed by atoms with van der Waals surface area (Å²) in [6, 6.07) is 6.23. The van der Waals surface area contributed by atoms with Crippen LogP contribution in [-0.4, -0.2) is 11.0 Å². The summed E-state index contributed by atoms with van der Waals surface area (Å²) in [7, 11) is 0. The van der Waals surface area contributed by atoms with Crippen molar-refractivity contribution in [3.63, 3.8) is 0 Å². The Hall–Kier alpha value is -1.36. The average molecular weight is 329 g/mol. The molecule has 0 aliphatic carbocycles. The van der Waals surface area contributed by atoms with Gasteiger partial charge in [-0.3, -0.25) is 0 Å². The Morgan fingerprint density at radius 3 is 2.62 bits per heavy atom. The van der Waals surface area contributed by atoms with Crippen LogP contribution >= 0.6 is 23.2 Å². The third-order valence-electron chi connectivity index (χ3n) is 2.68. The molecule has 0 radical (unpaired) electrons. The Balaban J connectivity index is 2.11. The van der Waals surface area contributed by atoms with Crippen molar-refractivity contribution in [1.82, 2.24) is 10.3 Å². The topological polar surface area (TPSA) is 34.2 Å². The number of nitrogens with zero attached hydrogens (tertiary/aromatic N) is 1. The Morgan fingerprint density at radius 2 is 2.00 bits per heavy atom. The minimum Gasteiger partial charge on any atom is -0.437 e. The summed E-state index contributed by atoms with van der Waals surface area (Å²) >= 11 is 11.8. The van der Waals surface area contributed by atoms with Crippen LogP contribution < -0.4 is 10.1 Å². The number of ether oxygens (including phenoxy) is 1. The van der Waals surface area contributed by atoms with Crippen molar-refractivity contribution >= 4 is 23.2 Å². The third-order valence-corrected chi connectivity index (χ3v) is 3.24. The lowest BCUT2D eigenvalue weighted by molar-refractivity contribution is 0.460. The second-order valence-corrected chi connectivity index (χ2v) is 5.66. The van der Waals surface area contributed by atoms with E-state index in [0.29, 0.717) is 23.4 Å². The normalized spacial score (nSPS) is 11.0. The van der Waals surface area contributed by atoms with Gasteiger partial charge >= 0.3 is 0 Å². The molecule has 0 unspecified atom stereocenters. The number of pyridine rings is 1. The molecule has 112 valence electrons. The second-order valence-electron chi connectivity index (χ2n) is 4.84. The summed E-state index contributed by atoms with van der Waals surface area (Å²) in [5, 5.41) is 3.65. The lowest BCUT2D eigenvalue weighted by atomic mass is 10.2. The number of rotatable bonds is 5.